The van der Waals surface area contributed by atoms with Crippen molar-refractivity contribution in [2.75, 3.05) is 6.54 Å². The average molecular weight is 276 g/mol. The highest BCUT2D eigenvalue weighted by molar-refractivity contribution is 5.76. The van der Waals surface area contributed by atoms with Gasteiger partial charge in [0.1, 0.15) is 0 Å². The van der Waals surface area contributed by atoms with Crippen LogP contribution in [-0.2, 0) is 16.6 Å². The summed E-state index contributed by atoms with van der Waals surface area (Å²) < 4.78 is 0. The maximum Gasteiger partial charge on any atom is 0.220 e. The summed E-state index contributed by atoms with van der Waals surface area (Å²) in [5, 5.41) is 2.86. The quantitative estimate of drug-likeness (QED) is 0.869. The van der Waals surface area contributed by atoms with Gasteiger partial charge in [-0.2, -0.15) is 0 Å². The molecule has 0 heterocycles. The minimum absolute atomic E-state index is 0.0587. The van der Waals surface area contributed by atoms with E-state index in [0.717, 1.165) is 6.42 Å². The molecule has 3 nitrogen and oxygen atoms in total. The van der Waals surface area contributed by atoms with Gasteiger partial charge in [-0.05, 0) is 36.8 Å². The Morgan fingerprint density at radius 1 is 1.10 bits per heavy atom. The third kappa shape index (κ3) is 6.20. The van der Waals surface area contributed by atoms with Crippen molar-refractivity contribution in [2.45, 2.75) is 58.4 Å². The van der Waals surface area contributed by atoms with E-state index < -0.39 is 0 Å². The molecule has 0 bridgehead atoms. The summed E-state index contributed by atoms with van der Waals surface area (Å²) in [5.74, 6) is 0.0587. The molecule has 0 aromatic heterocycles. The average Bonchev–Trinajstić information content (AvgIpc) is 2.32. The molecule has 0 aliphatic carbocycles. The van der Waals surface area contributed by atoms with E-state index in [9.17, 15) is 4.79 Å². The van der Waals surface area contributed by atoms with E-state index in [1.807, 2.05) is 13.8 Å². The van der Waals surface area contributed by atoms with Crippen LogP contribution in [0.4, 0.5) is 0 Å². The molecule has 0 radical (unpaired) electrons. The second-order valence-electron chi connectivity index (χ2n) is 7.21. The summed E-state index contributed by atoms with van der Waals surface area (Å²) in [6, 6.07) is 8.52. The summed E-state index contributed by atoms with van der Waals surface area (Å²) in [5.41, 5.74) is 8.16. The van der Waals surface area contributed by atoms with Crippen LogP contribution in [0.25, 0.3) is 0 Å². The lowest BCUT2D eigenvalue weighted by atomic mass is 9.86. The van der Waals surface area contributed by atoms with Gasteiger partial charge >= 0.3 is 0 Å². The van der Waals surface area contributed by atoms with E-state index in [-0.39, 0.29) is 16.9 Å². The maximum atomic E-state index is 11.7. The molecule has 112 valence electrons. The van der Waals surface area contributed by atoms with Gasteiger partial charge in [0.15, 0.2) is 0 Å². The van der Waals surface area contributed by atoms with Crippen molar-refractivity contribution in [3.63, 3.8) is 0 Å². The Morgan fingerprint density at radius 3 is 2.10 bits per heavy atom. The predicted octanol–water partition coefficient (Wildman–Crippen LogP) is 2.77. The second kappa shape index (κ2) is 6.40. The van der Waals surface area contributed by atoms with Gasteiger partial charge in [-0.3, -0.25) is 4.79 Å². The zero-order valence-corrected chi connectivity index (χ0v) is 13.4. The molecule has 3 N–H and O–H groups in total. The topological polar surface area (TPSA) is 55.1 Å². The molecule has 0 saturated carbocycles. The van der Waals surface area contributed by atoms with Crippen LogP contribution in [-0.4, -0.2) is 18.0 Å². The van der Waals surface area contributed by atoms with Gasteiger partial charge in [-0.25, -0.2) is 0 Å². The first-order valence-electron chi connectivity index (χ1n) is 7.23. The molecule has 1 aromatic carbocycles. The molecule has 0 spiro atoms. The lowest BCUT2D eigenvalue weighted by Crippen LogP contribution is -2.45. The van der Waals surface area contributed by atoms with Gasteiger partial charge in [0.05, 0.1) is 0 Å². The monoisotopic (exact) mass is 276 g/mol. The molecule has 0 saturated heterocycles. The molecule has 0 unspecified atom stereocenters. The first-order chi connectivity index (χ1) is 9.08. The van der Waals surface area contributed by atoms with Crippen LogP contribution in [0.1, 0.15) is 52.2 Å². The van der Waals surface area contributed by atoms with Gasteiger partial charge < -0.3 is 11.1 Å². The van der Waals surface area contributed by atoms with Crippen molar-refractivity contribution in [1.82, 2.24) is 5.32 Å². The number of nitrogens with two attached hydrogens (primary N) is 1. The fourth-order valence-electron chi connectivity index (χ4n) is 1.84. The molecule has 20 heavy (non-hydrogen) atoms. The fraction of sp³-hybridized carbons (Fsp3) is 0.588. The third-order valence-electron chi connectivity index (χ3n) is 3.20. The lowest BCUT2D eigenvalue weighted by Gasteiger charge is -2.19. The highest BCUT2D eigenvalue weighted by atomic mass is 16.1. The Kier molecular flexibility index (Phi) is 5.35. The van der Waals surface area contributed by atoms with Crippen molar-refractivity contribution in [3.05, 3.63) is 35.4 Å². The largest absolute Gasteiger partial charge is 0.354 e. The van der Waals surface area contributed by atoms with E-state index in [1.54, 1.807) is 0 Å². The molecule has 3 heteroatoms. The number of hydrogen-bond donors (Lipinski definition) is 2. The molecular formula is C17H28N2O. The van der Waals surface area contributed by atoms with Gasteiger partial charge in [-0.1, -0.05) is 45.0 Å². The summed E-state index contributed by atoms with van der Waals surface area (Å²) >= 11 is 0. The summed E-state index contributed by atoms with van der Waals surface area (Å²) in [4.78, 5) is 11.7. The molecule has 1 amide bonds. The first-order valence-corrected chi connectivity index (χ1v) is 7.23. The van der Waals surface area contributed by atoms with Gasteiger partial charge in [0.25, 0.3) is 0 Å². The normalized spacial score (nSPS) is 12.3. The number of carbonyl (C=O) groups excluding carboxylic acids is 1. The van der Waals surface area contributed by atoms with E-state index in [2.05, 4.69) is 50.4 Å². The number of benzene rings is 1. The van der Waals surface area contributed by atoms with Gasteiger partial charge in [-0.15, -0.1) is 0 Å². The summed E-state index contributed by atoms with van der Waals surface area (Å²) in [6.07, 6.45) is 1.27. The Morgan fingerprint density at radius 2 is 1.65 bits per heavy atom. The number of nitrogens with one attached hydrogen (secondary N) is 1. The van der Waals surface area contributed by atoms with E-state index >= 15 is 0 Å². The highest BCUT2D eigenvalue weighted by Crippen LogP contribution is 2.22. The number of carbonyl (C=O) groups is 1. The van der Waals surface area contributed by atoms with Crippen LogP contribution in [0.15, 0.2) is 24.3 Å². The molecule has 1 aromatic rings. The lowest BCUT2D eigenvalue weighted by molar-refractivity contribution is -0.121. The van der Waals surface area contributed by atoms with Crippen LogP contribution in [0, 0.1) is 0 Å². The van der Waals surface area contributed by atoms with E-state index in [0.29, 0.717) is 13.0 Å². The van der Waals surface area contributed by atoms with E-state index in [4.69, 9.17) is 5.73 Å². The van der Waals surface area contributed by atoms with Crippen LogP contribution in [0.2, 0.25) is 0 Å². The highest BCUT2D eigenvalue weighted by Gasteiger charge is 2.14. The van der Waals surface area contributed by atoms with Crippen LogP contribution >= 0.6 is 0 Å². The predicted molar refractivity (Wildman–Crippen MR) is 84.7 cm³/mol. The van der Waals surface area contributed by atoms with Crippen molar-refractivity contribution in [3.8, 4) is 0 Å². The Labute approximate surface area is 122 Å². The zero-order chi connectivity index (χ0) is 15.4. The number of amides is 1. The Balaban J connectivity index is 2.44. The zero-order valence-electron chi connectivity index (χ0n) is 13.4. The molecule has 0 aliphatic rings. The van der Waals surface area contributed by atoms with Crippen molar-refractivity contribution in [2.24, 2.45) is 5.73 Å². The molecule has 0 atom stereocenters. The van der Waals surface area contributed by atoms with Crippen molar-refractivity contribution >= 4 is 5.91 Å². The molecule has 0 aliphatic heterocycles. The summed E-state index contributed by atoms with van der Waals surface area (Å²) in [7, 11) is 0. The minimum Gasteiger partial charge on any atom is -0.354 e. The van der Waals surface area contributed by atoms with E-state index in [1.165, 1.54) is 11.1 Å². The van der Waals surface area contributed by atoms with Crippen molar-refractivity contribution in [1.29, 1.82) is 0 Å². The molecule has 0 fully saturated rings. The van der Waals surface area contributed by atoms with Gasteiger partial charge in [0.2, 0.25) is 5.91 Å². The molecular weight excluding hydrogens is 248 g/mol. The third-order valence-corrected chi connectivity index (χ3v) is 3.20. The maximum absolute atomic E-state index is 11.7. The second-order valence-corrected chi connectivity index (χ2v) is 7.21. The van der Waals surface area contributed by atoms with Crippen LogP contribution in [0.5, 0.6) is 0 Å². The number of aryl methyl sites for hydroxylation is 1. The van der Waals surface area contributed by atoms with Gasteiger partial charge in [0, 0.05) is 18.5 Å². The van der Waals surface area contributed by atoms with Crippen molar-refractivity contribution < 1.29 is 4.79 Å². The van der Waals surface area contributed by atoms with Crippen LogP contribution < -0.4 is 11.1 Å². The molecule has 1 rings (SSSR count). The Hall–Kier alpha value is -1.35. The smallest absolute Gasteiger partial charge is 0.220 e. The number of rotatable bonds is 5. The van der Waals surface area contributed by atoms with Crippen LogP contribution in [0.3, 0.4) is 0 Å². The fourth-order valence-corrected chi connectivity index (χ4v) is 1.84. The number of hydrogen-bond acceptors (Lipinski definition) is 2. The Bertz CT molecular complexity index is 436. The standard InChI is InChI=1S/C17H28N2O/c1-16(2,3)14-9-6-13(7-10-14)8-11-15(20)19-12-17(4,5)18/h6-7,9-10H,8,11-12,18H2,1-5H3,(H,19,20). The first kappa shape index (κ1) is 16.7. The minimum atomic E-state index is -0.357. The summed E-state index contributed by atoms with van der Waals surface area (Å²) in [6.45, 7) is 10.9. The SMILES string of the molecule is CC(C)(N)CNC(=O)CCc1ccc(C(C)(C)C)cc1.